The third-order valence-electron chi connectivity index (χ3n) is 8.87. The summed E-state index contributed by atoms with van der Waals surface area (Å²) in [6, 6.07) is 28.5. The molecule has 0 unspecified atom stereocenters. The Morgan fingerprint density at radius 3 is 2.40 bits per heavy atom. The largest absolute Gasteiger partial charge is 0.325 e. The average molecular weight is 558 g/mol. The van der Waals surface area contributed by atoms with E-state index in [9.17, 15) is 14.4 Å². The quantitative estimate of drug-likeness (QED) is 0.382. The Morgan fingerprint density at radius 1 is 0.929 bits per heavy atom. The van der Waals surface area contributed by atoms with Gasteiger partial charge in [0.25, 0.3) is 0 Å². The number of nitrogens with zero attached hydrogens (tertiary/aromatic N) is 3. The number of fused-ring (bicyclic) bond motifs is 3. The van der Waals surface area contributed by atoms with Crippen molar-refractivity contribution in [3.8, 4) is 0 Å². The van der Waals surface area contributed by atoms with Crippen LogP contribution in [-0.2, 0) is 32.6 Å². The molecule has 1 fully saturated rings. The topological polar surface area (TPSA) is 94.6 Å². The van der Waals surface area contributed by atoms with Crippen LogP contribution in [0.1, 0.15) is 39.9 Å². The highest BCUT2D eigenvalue weighted by atomic mass is 16.2. The van der Waals surface area contributed by atoms with E-state index in [1.54, 1.807) is 11.1 Å². The fourth-order valence-electron chi connectivity index (χ4n) is 6.86. The van der Waals surface area contributed by atoms with E-state index >= 15 is 0 Å². The number of aromatic nitrogens is 1. The first-order valence-corrected chi connectivity index (χ1v) is 14.2. The van der Waals surface area contributed by atoms with Gasteiger partial charge in [0.1, 0.15) is 18.4 Å². The number of benzene rings is 3. The zero-order valence-corrected chi connectivity index (χ0v) is 23.3. The fraction of sp³-hybridized carbons (Fsp3) is 0.235. The lowest BCUT2D eigenvalue weighted by Gasteiger charge is -2.44. The summed E-state index contributed by atoms with van der Waals surface area (Å²) in [5.41, 5.74) is 4.91. The zero-order chi connectivity index (χ0) is 28.8. The van der Waals surface area contributed by atoms with Crippen molar-refractivity contribution < 1.29 is 14.4 Å². The van der Waals surface area contributed by atoms with Gasteiger partial charge in [0.05, 0.1) is 11.5 Å². The molecule has 210 valence electrons. The maximum absolute atomic E-state index is 14.0. The molecular formula is C34H31N5O3. The Bertz CT molecular complexity index is 1690. The summed E-state index contributed by atoms with van der Waals surface area (Å²) in [5, 5.41) is 5.96. The summed E-state index contributed by atoms with van der Waals surface area (Å²) in [6.07, 6.45) is 2.82. The molecule has 3 amide bonds. The van der Waals surface area contributed by atoms with Gasteiger partial charge in [-0.25, -0.2) is 4.98 Å². The minimum Gasteiger partial charge on any atom is -0.325 e. The van der Waals surface area contributed by atoms with Gasteiger partial charge in [0.2, 0.25) is 17.7 Å². The number of piperazine rings is 1. The first-order valence-electron chi connectivity index (χ1n) is 14.2. The molecule has 3 aliphatic rings. The first kappa shape index (κ1) is 26.1. The summed E-state index contributed by atoms with van der Waals surface area (Å²) in [5.74, 6) is 0.227. The van der Waals surface area contributed by atoms with Crippen molar-refractivity contribution in [3.05, 3.63) is 125 Å². The smallest absolute Gasteiger partial charge is 0.245 e. The monoisotopic (exact) mass is 557 g/mol. The lowest BCUT2D eigenvalue weighted by atomic mass is 9.79. The minimum absolute atomic E-state index is 0.0357. The van der Waals surface area contributed by atoms with Gasteiger partial charge in [-0.3, -0.25) is 19.3 Å². The van der Waals surface area contributed by atoms with Crippen LogP contribution in [0.4, 0.5) is 11.5 Å². The highest BCUT2D eigenvalue weighted by Crippen LogP contribution is 2.47. The molecule has 2 N–H and O–H groups in total. The molecular weight excluding hydrogens is 526 g/mol. The molecule has 0 radical (unpaired) electrons. The minimum atomic E-state index is -0.670. The van der Waals surface area contributed by atoms with E-state index in [4.69, 9.17) is 0 Å². The lowest BCUT2D eigenvalue weighted by molar-refractivity contribution is -0.148. The molecule has 42 heavy (non-hydrogen) atoms. The number of nitrogens with one attached hydrogen (secondary N) is 2. The van der Waals surface area contributed by atoms with Crippen LogP contribution >= 0.6 is 0 Å². The van der Waals surface area contributed by atoms with Crippen molar-refractivity contribution in [2.45, 2.75) is 30.3 Å². The van der Waals surface area contributed by atoms with Gasteiger partial charge in [-0.1, -0.05) is 72.8 Å². The van der Waals surface area contributed by atoms with Crippen LogP contribution in [0, 0.1) is 0 Å². The van der Waals surface area contributed by atoms with E-state index in [0.717, 1.165) is 27.8 Å². The van der Waals surface area contributed by atoms with Crippen LogP contribution in [0.5, 0.6) is 0 Å². The van der Waals surface area contributed by atoms with Crippen LogP contribution < -0.4 is 10.6 Å². The fourth-order valence-corrected chi connectivity index (χ4v) is 6.86. The van der Waals surface area contributed by atoms with Crippen molar-refractivity contribution in [3.63, 3.8) is 0 Å². The molecule has 4 aromatic rings. The normalized spacial score (nSPS) is 23.0. The van der Waals surface area contributed by atoms with Crippen molar-refractivity contribution in [1.82, 2.24) is 14.8 Å². The Morgan fingerprint density at radius 2 is 1.64 bits per heavy atom. The molecule has 7 rings (SSSR count). The maximum atomic E-state index is 14.0. The van der Waals surface area contributed by atoms with E-state index < -0.39 is 11.5 Å². The molecule has 0 saturated carbocycles. The number of pyridine rings is 1. The number of hydrogen-bond donors (Lipinski definition) is 2. The zero-order valence-electron chi connectivity index (χ0n) is 23.3. The van der Waals surface area contributed by atoms with Gasteiger partial charge < -0.3 is 15.5 Å². The van der Waals surface area contributed by atoms with Gasteiger partial charge >= 0.3 is 0 Å². The standard InChI is InChI=1S/C34H31N5O3/c1-38-20-28(22-9-4-2-5-10-22)39(32(41)30(38)23-11-6-3-7-12-23)21-29(40)36-26-15-14-24-18-34(19-25(24)17-26)27-13-8-16-35-31(27)37-33(34)42/h2-17,28,30H,18-21H2,1H3,(H,36,40)(H,35,37,42)/t28-,30+,34+/m0/s1. The Hall–Kier alpha value is -4.82. The van der Waals surface area contributed by atoms with Crippen LogP contribution in [0.15, 0.2) is 97.2 Å². The second kappa shape index (κ2) is 10.2. The molecule has 8 nitrogen and oxygen atoms in total. The van der Waals surface area contributed by atoms with Crippen LogP contribution in [0.3, 0.4) is 0 Å². The number of anilines is 2. The second-order valence-electron chi connectivity index (χ2n) is 11.5. The molecule has 1 saturated heterocycles. The van der Waals surface area contributed by atoms with Crippen LogP contribution in [0.2, 0.25) is 0 Å². The van der Waals surface area contributed by atoms with Crippen molar-refractivity contribution in [1.29, 1.82) is 0 Å². The number of rotatable bonds is 5. The van der Waals surface area contributed by atoms with Crippen molar-refractivity contribution in [2.75, 3.05) is 30.8 Å². The number of amides is 3. The third kappa shape index (κ3) is 4.35. The molecule has 0 bridgehead atoms. The van der Waals surface area contributed by atoms with E-state index in [0.29, 0.717) is 30.9 Å². The number of carbonyl (C=O) groups excluding carboxylic acids is 3. The number of likely N-dealkylation sites (N-methyl/N-ethyl adjacent to an activating group) is 1. The highest BCUT2D eigenvalue weighted by Gasteiger charge is 2.51. The number of hydrogen-bond acceptors (Lipinski definition) is 5. The molecule has 2 aliphatic heterocycles. The second-order valence-corrected chi connectivity index (χ2v) is 11.5. The predicted octanol–water partition coefficient (Wildman–Crippen LogP) is 4.27. The van der Waals surface area contributed by atoms with Gasteiger partial charge in [-0.15, -0.1) is 0 Å². The van der Waals surface area contributed by atoms with E-state index in [2.05, 4.69) is 20.5 Å². The number of carbonyl (C=O) groups is 3. The molecule has 3 atom stereocenters. The van der Waals surface area contributed by atoms with Gasteiger partial charge in [0, 0.05) is 24.0 Å². The average Bonchev–Trinajstić information content (AvgIpc) is 3.52. The van der Waals surface area contributed by atoms with E-state index in [-0.39, 0.29) is 30.3 Å². The Kier molecular flexibility index (Phi) is 6.35. The summed E-state index contributed by atoms with van der Waals surface area (Å²) in [6.45, 7) is 0.528. The third-order valence-corrected chi connectivity index (χ3v) is 8.87. The molecule has 1 aromatic heterocycles. The van der Waals surface area contributed by atoms with Crippen LogP contribution in [-0.4, -0.2) is 52.6 Å². The highest BCUT2D eigenvalue weighted by molar-refractivity contribution is 6.06. The molecule has 1 spiro atoms. The Balaban J connectivity index is 1.12. The van der Waals surface area contributed by atoms with Gasteiger partial charge in [-0.05, 0) is 60.3 Å². The van der Waals surface area contributed by atoms with E-state index in [1.165, 1.54) is 0 Å². The van der Waals surface area contributed by atoms with Gasteiger partial charge in [0.15, 0.2) is 0 Å². The molecule has 3 heterocycles. The summed E-state index contributed by atoms with van der Waals surface area (Å²) in [7, 11) is 1.96. The van der Waals surface area contributed by atoms with Crippen LogP contribution in [0.25, 0.3) is 0 Å². The SMILES string of the molecule is CN1C[C@@H](c2ccccc2)N(CC(=O)Nc2ccc3c(c2)C[C@@]2(C3)C(=O)Nc3ncccc32)C(=O)[C@H]1c1ccccc1. The molecule has 8 heteroatoms. The molecule has 1 aliphatic carbocycles. The molecule has 3 aromatic carbocycles. The first-order chi connectivity index (χ1) is 20.4. The lowest BCUT2D eigenvalue weighted by Crippen LogP contribution is -2.54. The van der Waals surface area contributed by atoms with Gasteiger partial charge in [-0.2, -0.15) is 0 Å². The van der Waals surface area contributed by atoms with Crippen molar-refractivity contribution in [2.24, 2.45) is 0 Å². The Labute approximate surface area is 244 Å². The summed E-state index contributed by atoms with van der Waals surface area (Å²) in [4.78, 5) is 48.7. The maximum Gasteiger partial charge on any atom is 0.245 e. The predicted molar refractivity (Wildman–Crippen MR) is 160 cm³/mol. The van der Waals surface area contributed by atoms with Crippen molar-refractivity contribution >= 4 is 29.2 Å². The summed E-state index contributed by atoms with van der Waals surface area (Å²) >= 11 is 0. The summed E-state index contributed by atoms with van der Waals surface area (Å²) < 4.78 is 0. The van der Waals surface area contributed by atoms with E-state index in [1.807, 2.05) is 98.0 Å².